The highest BCUT2D eigenvalue weighted by Crippen LogP contribution is 2.53. The summed E-state index contributed by atoms with van der Waals surface area (Å²) in [7, 11) is -3.80. The first-order chi connectivity index (χ1) is 10.1. The molecule has 0 unspecified atom stereocenters. The van der Waals surface area contributed by atoms with Gasteiger partial charge in [-0.2, -0.15) is 14.7 Å². The molecular formula is C17H22O3P+. The molecule has 112 valence electrons. The summed E-state index contributed by atoms with van der Waals surface area (Å²) in [5.74, 6) is 0. The van der Waals surface area contributed by atoms with Gasteiger partial charge in [0.2, 0.25) is 0 Å². The highest BCUT2D eigenvalue weighted by Gasteiger charge is 2.41. The fraction of sp³-hybridized carbons (Fsp3) is 0.294. The Morgan fingerprint density at radius 2 is 1.05 bits per heavy atom. The van der Waals surface area contributed by atoms with Crippen molar-refractivity contribution in [2.45, 2.75) is 31.3 Å². The summed E-state index contributed by atoms with van der Waals surface area (Å²) in [6.07, 6.45) is 2.63. The Bertz CT molecular complexity index is 479. The third-order valence-corrected chi connectivity index (χ3v) is 5.20. The van der Waals surface area contributed by atoms with Crippen LogP contribution in [0.25, 0.3) is 0 Å². The van der Waals surface area contributed by atoms with E-state index in [1.165, 1.54) is 0 Å². The summed E-state index contributed by atoms with van der Waals surface area (Å²) in [5, 5.41) is 0. The first-order valence-corrected chi connectivity index (χ1v) is 8.92. The quantitative estimate of drug-likeness (QED) is 0.687. The molecule has 0 heterocycles. The SMILES string of the molecule is O[P+](O)(O)C(CCc1ccccc1)CCc1ccccc1. The molecule has 4 heteroatoms. The molecule has 0 aliphatic heterocycles. The van der Waals surface area contributed by atoms with Gasteiger partial charge < -0.3 is 0 Å². The molecule has 0 radical (unpaired) electrons. The molecule has 2 aromatic carbocycles. The predicted molar refractivity (Wildman–Crippen MR) is 86.9 cm³/mol. The van der Waals surface area contributed by atoms with E-state index >= 15 is 0 Å². The Kier molecular flexibility index (Phi) is 5.89. The van der Waals surface area contributed by atoms with Crippen molar-refractivity contribution >= 4 is 7.94 Å². The Labute approximate surface area is 126 Å². The molecule has 0 bridgehead atoms. The van der Waals surface area contributed by atoms with Crippen molar-refractivity contribution in [2.75, 3.05) is 0 Å². The fourth-order valence-electron chi connectivity index (χ4n) is 2.45. The van der Waals surface area contributed by atoms with Gasteiger partial charge in [0.05, 0.1) is 0 Å². The van der Waals surface area contributed by atoms with Crippen LogP contribution in [0, 0.1) is 0 Å². The van der Waals surface area contributed by atoms with Gasteiger partial charge in [-0.05, 0) is 36.8 Å². The van der Waals surface area contributed by atoms with Gasteiger partial charge in [-0.1, -0.05) is 60.7 Å². The lowest BCUT2D eigenvalue weighted by atomic mass is 10.0. The van der Waals surface area contributed by atoms with Gasteiger partial charge in [-0.25, -0.2) is 0 Å². The van der Waals surface area contributed by atoms with E-state index in [2.05, 4.69) is 0 Å². The van der Waals surface area contributed by atoms with Crippen molar-refractivity contribution in [3.63, 3.8) is 0 Å². The first kappa shape index (κ1) is 16.1. The van der Waals surface area contributed by atoms with E-state index in [9.17, 15) is 14.7 Å². The second-order valence-electron chi connectivity index (χ2n) is 5.32. The Hall–Kier alpha value is -1.25. The zero-order valence-electron chi connectivity index (χ0n) is 12.0. The summed E-state index contributed by atoms with van der Waals surface area (Å²) in [6.45, 7) is 0. The van der Waals surface area contributed by atoms with E-state index in [1.807, 2.05) is 60.7 Å². The maximum absolute atomic E-state index is 9.66. The standard InChI is InChI=1S/C17H22O3P/c18-21(19,20)17(13-11-15-7-3-1-4-8-15)14-12-16-9-5-2-6-10-16/h1-10,17-20H,11-14H2/q+1. The minimum Gasteiger partial charge on any atom is -0.193 e. The third kappa shape index (κ3) is 5.56. The largest absolute Gasteiger partial charge is 0.406 e. The molecule has 0 fully saturated rings. The van der Waals surface area contributed by atoms with Crippen molar-refractivity contribution < 1.29 is 14.7 Å². The molecule has 0 saturated heterocycles. The first-order valence-electron chi connectivity index (χ1n) is 7.20. The average molecular weight is 305 g/mol. The molecular weight excluding hydrogens is 283 g/mol. The molecule has 0 atom stereocenters. The zero-order chi connectivity index (χ0) is 15.1. The van der Waals surface area contributed by atoms with Crippen LogP contribution < -0.4 is 0 Å². The van der Waals surface area contributed by atoms with Crippen molar-refractivity contribution in [1.82, 2.24) is 0 Å². The third-order valence-electron chi connectivity index (χ3n) is 3.71. The molecule has 2 rings (SSSR count). The second-order valence-corrected chi connectivity index (χ2v) is 7.28. The zero-order valence-corrected chi connectivity index (χ0v) is 12.9. The Balaban J connectivity index is 1.92. The molecule has 0 aromatic heterocycles. The lowest BCUT2D eigenvalue weighted by molar-refractivity contribution is 0.308. The molecule has 3 N–H and O–H groups in total. The van der Waals surface area contributed by atoms with Gasteiger partial charge in [0.15, 0.2) is 5.66 Å². The molecule has 0 aliphatic rings. The van der Waals surface area contributed by atoms with E-state index < -0.39 is 13.6 Å². The van der Waals surface area contributed by atoms with Crippen molar-refractivity contribution in [3.8, 4) is 0 Å². The van der Waals surface area contributed by atoms with Crippen LogP contribution in [-0.4, -0.2) is 20.3 Å². The van der Waals surface area contributed by atoms with Crippen LogP contribution in [0.5, 0.6) is 0 Å². The monoisotopic (exact) mass is 305 g/mol. The Morgan fingerprint density at radius 3 is 1.38 bits per heavy atom. The van der Waals surface area contributed by atoms with E-state index in [0.29, 0.717) is 12.8 Å². The van der Waals surface area contributed by atoms with Gasteiger partial charge >= 0.3 is 7.94 Å². The van der Waals surface area contributed by atoms with Crippen LogP contribution in [0.2, 0.25) is 0 Å². The van der Waals surface area contributed by atoms with Gasteiger partial charge in [-0.3, -0.25) is 0 Å². The van der Waals surface area contributed by atoms with Gasteiger partial charge in [0.1, 0.15) is 0 Å². The van der Waals surface area contributed by atoms with Gasteiger partial charge in [0, 0.05) is 0 Å². The van der Waals surface area contributed by atoms with Crippen LogP contribution in [0.1, 0.15) is 24.0 Å². The van der Waals surface area contributed by atoms with E-state index in [4.69, 9.17) is 0 Å². The van der Waals surface area contributed by atoms with Crippen molar-refractivity contribution in [1.29, 1.82) is 0 Å². The van der Waals surface area contributed by atoms with Crippen molar-refractivity contribution in [3.05, 3.63) is 71.8 Å². The average Bonchev–Trinajstić information content (AvgIpc) is 2.48. The Morgan fingerprint density at radius 1 is 0.667 bits per heavy atom. The van der Waals surface area contributed by atoms with Crippen LogP contribution in [-0.2, 0) is 12.8 Å². The van der Waals surface area contributed by atoms with Crippen LogP contribution in [0.4, 0.5) is 0 Å². The summed E-state index contributed by atoms with van der Waals surface area (Å²) >= 11 is 0. The predicted octanol–water partition coefficient (Wildman–Crippen LogP) is 3.36. The highest BCUT2D eigenvalue weighted by molar-refractivity contribution is 7.59. The number of hydrogen-bond acceptors (Lipinski definition) is 3. The number of benzene rings is 2. The number of rotatable bonds is 7. The van der Waals surface area contributed by atoms with Crippen molar-refractivity contribution in [2.24, 2.45) is 0 Å². The van der Waals surface area contributed by atoms with E-state index in [-0.39, 0.29) is 0 Å². The molecule has 2 aromatic rings. The second kappa shape index (κ2) is 7.67. The number of hydrogen-bond donors (Lipinski definition) is 3. The smallest absolute Gasteiger partial charge is 0.193 e. The fourth-order valence-corrected chi connectivity index (χ4v) is 3.40. The maximum atomic E-state index is 9.66. The lowest BCUT2D eigenvalue weighted by Gasteiger charge is -2.17. The van der Waals surface area contributed by atoms with Crippen LogP contribution in [0.15, 0.2) is 60.7 Å². The van der Waals surface area contributed by atoms with Crippen LogP contribution >= 0.6 is 7.94 Å². The van der Waals surface area contributed by atoms with Gasteiger partial charge in [-0.15, -0.1) is 0 Å². The summed E-state index contributed by atoms with van der Waals surface area (Å²) in [5.41, 5.74) is 1.84. The number of aryl methyl sites for hydroxylation is 2. The highest BCUT2D eigenvalue weighted by atomic mass is 31.2. The molecule has 21 heavy (non-hydrogen) atoms. The maximum Gasteiger partial charge on any atom is 0.406 e. The van der Waals surface area contributed by atoms with E-state index in [1.54, 1.807) is 0 Å². The topological polar surface area (TPSA) is 60.7 Å². The lowest BCUT2D eigenvalue weighted by Crippen LogP contribution is -2.15. The van der Waals surface area contributed by atoms with E-state index in [0.717, 1.165) is 24.0 Å². The molecule has 0 spiro atoms. The minimum absolute atomic E-state index is 0.460. The summed E-state index contributed by atoms with van der Waals surface area (Å²) < 4.78 is 0. The normalized spacial score (nSPS) is 11.8. The summed E-state index contributed by atoms with van der Waals surface area (Å²) in [6, 6.07) is 19.8. The molecule has 0 aliphatic carbocycles. The van der Waals surface area contributed by atoms with Gasteiger partial charge in [0.25, 0.3) is 0 Å². The summed E-state index contributed by atoms with van der Waals surface area (Å²) in [4.78, 5) is 29.0. The molecule has 3 nitrogen and oxygen atoms in total. The minimum atomic E-state index is -3.80. The van der Waals surface area contributed by atoms with Crippen LogP contribution in [0.3, 0.4) is 0 Å². The molecule has 0 saturated carbocycles. The molecule has 0 amide bonds.